The molecular weight excluding hydrogens is 423 g/mol. The molecule has 31 heavy (non-hydrogen) atoms. The minimum atomic E-state index is -4.33. The van der Waals surface area contributed by atoms with Crippen LogP contribution in [0.5, 0.6) is 11.5 Å². The molecule has 0 fully saturated rings. The van der Waals surface area contributed by atoms with Gasteiger partial charge in [0.25, 0.3) is 10.0 Å². The molecule has 4 aromatic rings. The van der Waals surface area contributed by atoms with E-state index in [4.69, 9.17) is 9.47 Å². The highest BCUT2D eigenvalue weighted by Gasteiger charge is 2.30. The monoisotopic (exact) mass is 442 g/mol. The number of aromatic nitrogens is 3. The van der Waals surface area contributed by atoms with Crippen LogP contribution in [0.2, 0.25) is 0 Å². The molecular formula is C21H19FN4O4S. The maximum atomic E-state index is 14.9. The number of H-pyrrole nitrogens is 1. The number of rotatable bonds is 7. The third-order valence-corrected chi connectivity index (χ3v) is 6.57. The summed E-state index contributed by atoms with van der Waals surface area (Å²) in [7, 11) is -1.33. The molecule has 10 heteroatoms. The Kier molecular flexibility index (Phi) is 5.47. The first-order chi connectivity index (χ1) is 14.9. The molecule has 2 aromatic heterocycles. The molecule has 0 saturated carbocycles. The van der Waals surface area contributed by atoms with E-state index in [2.05, 4.69) is 15.0 Å². The number of hydrogen-bond donors (Lipinski definition) is 1. The smallest absolute Gasteiger partial charge is 0.268 e. The zero-order chi connectivity index (χ0) is 22.0. The van der Waals surface area contributed by atoms with Gasteiger partial charge in [-0.3, -0.25) is 0 Å². The Morgan fingerprint density at radius 1 is 1.10 bits per heavy atom. The van der Waals surface area contributed by atoms with Crippen LogP contribution >= 0.6 is 0 Å². The van der Waals surface area contributed by atoms with E-state index < -0.39 is 20.7 Å². The van der Waals surface area contributed by atoms with E-state index in [1.54, 1.807) is 30.5 Å². The maximum Gasteiger partial charge on any atom is 0.268 e. The van der Waals surface area contributed by atoms with Crippen LogP contribution < -0.4 is 13.8 Å². The summed E-state index contributed by atoms with van der Waals surface area (Å²) in [6, 6.07) is 10.6. The van der Waals surface area contributed by atoms with Crippen molar-refractivity contribution in [2.45, 2.75) is 11.4 Å². The lowest BCUT2D eigenvalue weighted by Gasteiger charge is -2.24. The van der Waals surface area contributed by atoms with E-state index in [9.17, 15) is 12.8 Å². The summed E-state index contributed by atoms with van der Waals surface area (Å²) in [5.41, 5.74) is 1.05. The number of hydrogen-bond acceptors (Lipinski definition) is 6. The van der Waals surface area contributed by atoms with E-state index in [0.29, 0.717) is 28.0 Å². The lowest BCUT2D eigenvalue weighted by Crippen LogP contribution is -2.32. The predicted octanol–water partition coefficient (Wildman–Crippen LogP) is 3.51. The van der Waals surface area contributed by atoms with Crippen LogP contribution in [0, 0.1) is 5.82 Å². The molecule has 8 nitrogen and oxygen atoms in total. The molecule has 0 amide bonds. The normalized spacial score (nSPS) is 11.5. The minimum absolute atomic E-state index is 0.0986. The Labute approximate surface area is 178 Å². The van der Waals surface area contributed by atoms with E-state index in [0.717, 1.165) is 10.4 Å². The van der Waals surface area contributed by atoms with Gasteiger partial charge >= 0.3 is 0 Å². The molecule has 160 valence electrons. The first kappa shape index (κ1) is 20.6. The number of sulfonamides is 1. The summed E-state index contributed by atoms with van der Waals surface area (Å²) < 4.78 is 53.7. The molecule has 0 radical (unpaired) electrons. The number of methoxy groups -OCH3 is 2. The Morgan fingerprint density at radius 2 is 1.94 bits per heavy atom. The minimum Gasteiger partial charge on any atom is -0.497 e. The number of aromatic amines is 1. The molecule has 0 aliphatic rings. The quantitative estimate of drug-likeness (QED) is 0.470. The Balaban J connectivity index is 1.84. The van der Waals surface area contributed by atoms with Crippen LogP contribution in [0.4, 0.5) is 10.2 Å². The molecule has 0 aliphatic heterocycles. The average Bonchev–Trinajstić information content (AvgIpc) is 3.24. The second-order valence-electron chi connectivity index (χ2n) is 6.60. The fraction of sp³-hybridized carbons (Fsp3) is 0.143. The number of nitrogens with zero attached hydrogens (tertiary/aromatic N) is 3. The molecule has 0 atom stereocenters. The molecule has 2 heterocycles. The van der Waals surface area contributed by atoms with Crippen molar-refractivity contribution in [1.82, 2.24) is 15.0 Å². The summed E-state index contributed by atoms with van der Waals surface area (Å²) in [4.78, 5) is 10.3. The van der Waals surface area contributed by atoms with Gasteiger partial charge in [-0.05, 0) is 30.3 Å². The van der Waals surface area contributed by atoms with Crippen LogP contribution in [-0.2, 0) is 16.6 Å². The van der Waals surface area contributed by atoms with Gasteiger partial charge in [-0.2, -0.15) is 0 Å². The van der Waals surface area contributed by atoms with Gasteiger partial charge in [-0.1, -0.05) is 0 Å². The maximum absolute atomic E-state index is 14.9. The van der Waals surface area contributed by atoms with E-state index in [-0.39, 0.29) is 12.4 Å². The van der Waals surface area contributed by atoms with Gasteiger partial charge in [0, 0.05) is 41.0 Å². The summed E-state index contributed by atoms with van der Waals surface area (Å²) in [6.07, 6.45) is 4.27. The lowest BCUT2D eigenvalue weighted by atomic mass is 10.2. The second kappa shape index (κ2) is 8.23. The predicted molar refractivity (Wildman–Crippen MR) is 113 cm³/mol. The largest absolute Gasteiger partial charge is 0.497 e. The summed E-state index contributed by atoms with van der Waals surface area (Å²) in [5.74, 6) is 0.216. The van der Waals surface area contributed by atoms with Crippen molar-refractivity contribution in [2.24, 2.45) is 0 Å². The van der Waals surface area contributed by atoms with E-state index in [1.807, 2.05) is 0 Å². The van der Waals surface area contributed by atoms with Crippen LogP contribution in [0.3, 0.4) is 0 Å². The molecule has 0 saturated heterocycles. The lowest BCUT2D eigenvalue weighted by molar-refractivity contribution is 0.391. The molecule has 0 bridgehead atoms. The van der Waals surface area contributed by atoms with Crippen LogP contribution in [0.25, 0.3) is 10.9 Å². The first-order valence-electron chi connectivity index (χ1n) is 9.20. The Hall–Kier alpha value is -3.66. The average molecular weight is 442 g/mol. The Bertz CT molecular complexity index is 1330. The Morgan fingerprint density at radius 3 is 2.65 bits per heavy atom. The zero-order valence-corrected chi connectivity index (χ0v) is 17.6. The van der Waals surface area contributed by atoms with Crippen molar-refractivity contribution in [1.29, 1.82) is 0 Å². The van der Waals surface area contributed by atoms with E-state index in [1.165, 1.54) is 38.9 Å². The fourth-order valence-electron chi connectivity index (χ4n) is 3.23. The highest BCUT2D eigenvalue weighted by Crippen LogP contribution is 2.32. The van der Waals surface area contributed by atoms with Gasteiger partial charge < -0.3 is 14.5 Å². The second-order valence-corrected chi connectivity index (χ2v) is 8.44. The van der Waals surface area contributed by atoms with Crippen LogP contribution in [0.15, 0.2) is 66.1 Å². The van der Waals surface area contributed by atoms with Gasteiger partial charge in [0.1, 0.15) is 34.4 Å². The van der Waals surface area contributed by atoms with Gasteiger partial charge in [0.15, 0.2) is 0 Å². The number of benzene rings is 2. The molecule has 4 rings (SSSR count). The summed E-state index contributed by atoms with van der Waals surface area (Å²) in [6.45, 7) is -0.142. The van der Waals surface area contributed by atoms with Crippen LogP contribution in [0.1, 0.15) is 5.56 Å². The molecule has 1 N–H and O–H groups in total. The van der Waals surface area contributed by atoms with Gasteiger partial charge in [-0.25, -0.2) is 27.1 Å². The van der Waals surface area contributed by atoms with Crippen molar-refractivity contribution in [3.8, 4) is 11.5 Å². The molecule has 2 aromatic carbocycles. The van der Waals surface area contributed by atoms with Crippen molar-refractivity contribution in [2.75, 3.05) is 18.5 Å². The van der Waals surface area contributed by atoms with Crippen molar-refractivity contribution in [3.63, 3.8) is 0 Å². The molecule has 0 spiro atoms. The number of nitrogens with one attached hydrogen (secondary N) is 1. The van der Waals surface area contributed by atoms with Gasteiger partial charge in [0.2, 0.25) is 0 Å². The van der Waals surface area contributed by atoms with Crippen molar-refractivity contribution < 1.29 is 22.3 Å². The number of anilines is 1. The first-order valence-corrected chi connectivity index (χ1v) is 10.6. The number of fused-ring (bicyclic) bond motifs is 1. The standard InChI is InChI=1S/C21H19FN4O4S/c1-29-16-4-3-15(19(10-16)30-2)12-26(21-6-7-23-13-25-21)31(27,28)20-9-14-5-8-24-18(14)11-17(20)22/h3-11,13,24H,12H2,1-2H3. The number of halogens is 1. The van der Waals surface area contributed by atoms with Crippen molar-refractivity contribution in [3.05, 3.63) is 72.6 Å². The zero-order valence-electron chi connectivity index (χ0n) is 16.7. The summed E-state index contributed by atoms with van der Waals surface area (Å²) >= 11 is 0. The topological polar surface area (TPSA) is 97.4 Å². The third kappa shape index (κ3) is 3.89. The highest BCUT2D eigenvalue weighted by molar-refractivity contribution is 7.92. The molecule has 0 unspecified atom stereocenters. The fourth-order valence-corrected chi connectivity index (χ4v) is 4.71. The van der Waals surface area contributed by atoms with Gasteiger partial charge in [0.05, 0.1) is 20.8 Å². The van der Waals surface area contributed by atoms with Crippen LogP contribution in [-0.4, -0.2) is 37.6 Å². The summed E-state index contributed by atoms with van der Waals surface area (Å²) in [5, 5.41) is 0.574. The molecule has 0 aliphatic carbocycles. The van der Waals surface area contributed by atoms with Gasteiger partial charge in [-0.15, -0.1) is 0 Å². The highest BCUT2D eigenvalue weighted by atomic mass is 32.2. The SMILES string of the molecule is COc1ccc(CN(c2ccncn2)S(=O)(=O)c2cc3cc[nH]c3cc2F)c(OC)c1. The number of ether oxygens (including phenoxy) is 2. The van der Waals surface area contributed by atoms with E-state index >= 15 is 0 Å². The third-order valence-electron chi connectivity index (χ3n) is 4.80. The van der Waals surface area contributed by atoms with Crippen molar-refractivity contribution >= 4 is 26.7 Å².